The summed E-state index contributed by atoms with van der Waals surface area (Å²) in [6, 6.07) is 4.48. The highest BCUT2D eigenvalue weighted by Gasteiger charge is 2.19. The highest BCUT2D eigenvalue weighted by Crippen LogP contribution is 2.30. The van der Waals surface area contributed by atoms with Crippen LogP contribution in [0.5, 0.6) is 0 Å². The van der Waals surface area contributed by atoms with E-state index in [2.05, 4.69) is 51.8 Å². The van der Waals surface area contributed by atoms with Crippen LogP contribution >= 0.6 is 11.3 Å². The number of nitrogens with zero attached hydrogens (tertiary/aromatic N) is 3. The molecule has 0 spiro atoms. The largest absolute Gasteiger partial charge is 0.352 e. The first-order valence-corrected chi connectivity index (χ1v) is 7.56. The maximum atomic E-state index is 5.56. The molecule has 0 aromatic carbocycles. The molecule has 0 bridgehead atoms. The van der Waals surface area contributed by atoms with Crippen molar-refractivity contribution in [2.75, 3.05) is 17.4 Å². The number of anilines is 2. The quantitative estimate of drug-likeness (QED) is 0.655. The molecule has 2 rings (SSSR count). The van der Waals surface area contributed by atoms with Gasteiger partial charge in [0.25, 0.3) is 0 Å². The molecule has 6 heteroatoms. The molecule has 5 nitrogen and oxygen atoms in total. The summed E-state index contributed by atoms with van der Waals surface area (Å²) in [5.41, 5.74) is 3.63. The average molecular weight is 291 g/mol. The summed E-state index contributed by atoms with van der Waals surface area (Å²) < 4.78 is 0. The molecule has 108 valence electrons. The number of aromatic nitrogens is 2. The average Bonchev–Trinajstić information content (AvgIpc) is 3.00. The van der Waals surface area contributed by atoms with E-state index >= 15 is 0 Å². The summed E-state index contributed by atoms with van der Waals surface area (Å²) >= 11 is 1.75. The van der Waals surface area contributed by atoms with E-state index in [0.29, 0.717) is 5.82 Å². The minimum Gasteiger partial charge on any atom is -0.352 e. The molecule has 0 aliphatic carbocycles. The Labute approximate surface area is 123 Å². The molecular weight excluding hydrogens is 270 g/mol. The van der Waals surface area contributed by atoms with Crippen molar-refractivity contribution in [3.05, 3.63) is 33.8 Å². The van der Waals surface area contributed by atoms with Crippen molar-refractivity contribution in [2.45, 2.75) is 33.2 Å². The topological polar surface area (TPSA) is 67.1 Å². The summed E-state index contributed by atoms with van der Waals surface area (Å²) in [6.07, 6.45) is 0.781. The van der Waals surface area contributed by atoms with Crippen LogP contribution in [0.2, 0.25) is 0 Å². The molecule has 0 amide bonds. The lowest BCUT2D eigenvalue weighted by Crippen LogP contribution is -2.25. The molecular formula is C14H21N5S. The Balaban J connectivity index is 2.40. The van der Waals surface area contributed by atoms with Crippen LogP contribution in [0.1, 0.15) is 36.2 Å². The van der Waals surface area contributed by atoms with Crippen molar-refractivity contribution in [3.63, 3.8) is 0 Å². The first kappa shape index (κ1) is 14.7. The number of thiophene rings is 1. The molecule has 0 radical (unpaired) electrons. The third kappa shape index (κ3) is 2.76. The summed E-state index contributed by atoms with van der Waals surface area (Å²) in [7, 11) is 2.06. The lowest BCUT2D eigenvalue weighted by Gasteiger charge is -2.27. The summed E-state index contributed by atoms with van der Waals surface area (Å²) in [5, 5.41) is 2.09. The SMILES string of the molecule is CCc1nc(NN)c(C)c(N(C)C(C)c2cccs2)n1. The van der Waals surface area contributed by atoms with E-state index in [9.17, 15) is 0 Å². The van der Waals surface area contributed by atoms with Gasteiger partial charge in [-0.3, -0.25) is 0 Å². The van der Waals surface area contributed by atoms with Crippen LogP contribution in [0.4, 0.5) is 11.6 Å². The summed E-state index contributed by atoms with van der Waals surface area (Å²) in [5.74, 6) is 7.97. The maximum Gasteiger partial charge on any atom is 0.148 e. The zero-order chi connectivity index (χ0) is 14.7. The fourth-order valence-corrected chi connectivity index (χ4v) is 2.92. The number of nitrogens with two attached hydrogens (primary N) is 1. The number of hydrogen-bond acceptors (Lipinski definition) is 6. The Kier molecular flexibility index (Phi) is 4.57. The Morgan fingerprint density at radius 1 is 1.45 bits per heavy atom. The zero-order valence-corrected chi connectivity index (χ0v) is 13.2. The van der Waals surface area contributed by atoms with Gasteiger partial charge in [0, 0.05) is 23.9 Å². The Bertz CT molecular complexity index is 567. The van der Waals surface area contributed by atoms with Gasteiger partial charge in [0.2, 0.25) is 0 Å². The molecule has 3 N–H and O–H groups in total. The van der Waals surface area contributed by atoms with Gasteiger partial charge in [0.05, 0.1) is 6.04 Å². The molecule has 0 saturated heterocycles. The number of nitrogens with one attached hydrogen (secondary N) is 1. The summed E-state index contributed by atoms with van der Waals surface area (Å²) in [4.78, 5) is 12.5. The van der Waals surface area contributed by atoms with Crippen LogP contribution < -0.4 is 16.2 Å². The normalized spacial score (nSPS) is 12.2. The van der Waals surface area contributed by atoms with Crippen LogP contribution in [0.3, 0.4) is 0 Å². The van der Waals surface area contributed by atoms with Gasteiger partial charge in [-0.15, -0.1) is 11.3 Å². The van der Waals surface area contributed by atoms with E-state index in [-0.39, 0.29) is 6.04 Å². The second kappa shape index (κ2) is 6.19. The molecule has 0 fully saturated rings. The van der Waals surface area contributed by atoms with Gasteiger partial charge in [0.15, 0.2) is 0 Å². The van der Waals surface area contributed by atoms with Crippen molar-refractivity contribution in [2.24, 2.45) is 5.84 Å². The van der Waals surface area contributed by atoms with E-state index in [4.69, 9.17) is 5.84 Å². The van der Waals surface area contributed by atoms with Crippen molar-refractivity contribution in [1.29, 1.82) is 0 Å². The van der Waals surface area contributed by atoms with Gasteiger partial charge >= 0.3 is 0 Å². The Morgan fingerprint density at radius 2 is 2.20 bits per heavy atom. The van der Waals surface area contributed by atoms with Crippen molar-refractivity contribution >= 4 is 23.0 Å². The monoisotopic (exact) mass is 291 g/mol. The minimum absolute atomic E-state index is 0.263. The maximum absolute atomic E-state index is 5.56. The predicted molar refractivity (Wildman–Crippen MR) is 85.1 cm³/mol. The molecule has 2 aromatic rings. The standard InChI is InChI=1S/C14H21N5S/c1-5-12-16-13(18-15)9(2)14(17-12)19(4)10(3)11-7-6-8-20-11/h6-8,10H,5,15H2,1-4H3,(H,16,17,18). The zero-order valence-electron chi connectivity index (χ0n) is 12.3. The van der Waals surface area contributed by atoms with Crippen LogP contribution in [0.15, 0.2) is 17.5 Å². The van der Waals surface area contributed by atoms with E-state index in [1.807, 2.05) is 13.8 Å². The smallest absolute Gasteiger partial charge is 0.148 e. The number of hydrazine groups is 1. The second-order valence-electron chi connectivity index (χ2n) is 4.74. The lowest BCUT2D eigenvalue weighted by atomic mass is 10.2. The Morgan fingerprint density at radius 3 is 2.75 bits per heavy atom. The minimum atomic E-state index is 0.263. The highest BCUT2D eigenvalue weighted by atomic mass is 32.1. The fraction of sp³-hybridized carbons (Fsp3) is 0.429. The number of rotatable bonds is 5. The van der Waals surface area contributed by atoms with E-state index in [0.717, 1.165) is 23.6 Å². The van der Waals surface area contributed by atoms with E-state index in [1.165, 1.54) is 4.88 Å². The van der Waals surface area contributed by atoms with Crippen LogP contribution in [-0.4, -0.2) is 17.0 Å². The van der Waals surface area contributed by atoms with E-state index < -0.39 is 0 Å². The van der Waals surface area contributed by atoms with Crippen LogP contribution in [0, 0.1) is 6.92 Å². The van der Waals surface area contributed by atoms with E-state index in [1.54, 1.807) is 11.3 Å². The van der Waals surface area contributed by atoms with Crippen LogP contribution in [0.25, 0.3) is 0 Å². The number of aryl methyl sites for hydroxylation is 1. The van der Waals surface area contributed by atoms with Gasteiger partial charge in [0.1, 0.15) is 17.5 Å². The molecule has 1 unspecified atom stereocenters. The van der Waals surface area contributed by atoms with Crippen LogP contribution in [-0.2, 0) is 6.42 Å². The predicted octanol–water partition coefficient (Wildman–Crippen LogP) is 2.89. The number of hydrogen-bond donors (Lipinski definition) is 2. The van der Waals surface area contributed by atoms with Gasteiger partial charge in [-0.2, -0.15) is 0 Å². The first-order chi connectivity index (χ1) is 9.58. The van der Waals surface area contributed by atoms with Gasteiger partial charge < -0.3 is 10.3 Å². The third-order valence-electron chi connectivity index (χ3n) is 3.49. The molecule has 20 heavy (non-hydrogen) atoms. The second-order valence-corrected chi connectivity index (χ2v) is 5.72. The molecule has 0 saturated carbocycles. The Hall–Kier alpha value is -1.66. The van der Waals surface area contributed by atoms with Gasteiger partial charge in [-0.1, -0.05) is 13.0 Å². The lowest BCUT2D eigenvalue weighted by molar-refractivity contribution is 0.730. The molecule has 0 aliphatic rings. The van der Waals surface area contributed by atoms with Gasteiger partial charge in [-0.25, -0.2) is 15.8 Å². The third-order valence-corrected chi connectivity index (χ3v) is 4.53. The van der Waals surface area contributed by atoms with Crippen molar-refractivity contribution in [3.8, 4) is 0 Å². The molecule has 1 atom stereocenters. The molecule has 2 aromatic heterocycles. The van der Waals surface area contributed by atoms with Crippen molar-refractivity contribution < 1.29 is 0 Å². The highest BCUT2D eigenvalue weighted by molar-refractivity contribution is 7.10. The first-order valence-electron chi connectivity index (χ1n) is 6.68. The number of nitrogen functional groups attached to an aromatic ring is 1. The molecule has 0 aliphatic heterocycles. The summed E-state index contributed by atoms with van der Waals surface area (Å²) in [6.45, 7) is 6.20. The molecule has 2 heterocycles. The fourth-order valence-electron chi connectivity index (χ4n) is 2.10. The van der Waals surface area contributed by atoms with Gasteiger partial charge in [-0.05, 0) is 25.3 Å². The van der Waals surface area contributed by atoms with Crippen molar-refractivity contribution in [1.82, 2.24) is 9.97 Å².